The molecule has 3 fully saturated rings. The van der Waals surface area contributed by atoms with E-state index in [0.29, 0.717) is 39.0 Å². The number of benzene rings is 4. The van der Waals surface area contributed by atoms with Crippen LogP contribution < -0.4 is 21.0 Å². The second-order valence-electron chi connectivity index (χ2n) is 15.6. The van der Waals surface area contributed by atoms with Crippen molar-refractivity contribution >= 4 is 23.4 Å². The fourth-order valence-corrected chi connectivity index (χ4v) is 8.50. The van der Waals surface area contributed by atoms with E-state index in [-0.39, 0.29) is 43.0 Å². The molecule has 3 aliphatic rings. The number of carbonyl (C=O) groups excluding carboxylic acids is 3. The minimum absolute atomic E-state index is 0.0118. The quantitative estimate of drug-likeness (QED) is 0.0502. The number of unbranched alkanes of at least 4 members (excludes halogenated alkanes) is 3. The van der Waals surface area contributed by atoms with Gasteiger partial charge >= 0.3 is 0 Å². The Morgan fingerprint density at radius 1 is 0.793 bits per heavy atom. The van der Waals surface area contributed by atoms with Crippen molar-refractivity contribution in [1.29, 1.82) is 0 Å². The molecule has 3 saturated heterocycles. The highest BCUT2D eigenvalue weighted by Crippen LogP contribution is 2.40. The first-order chi connectivity index (χ1) is 28.3. The first-order valence-electron chi connectivity index (χ1n) is 20.6. The number of aliphatic hydroxyl groups excluding tert-OH is 1. The van der Waals surface area contributed by atoms with Gasteiger partial charge in [-0.2, -0.15) is 0 Å². The molecular formula is C46H55N5O7. The molecule has 4 aromatic rings. The van der Waals surface area contributed by atoms with Gasteiger partial charge in [-0.05, 0) is 65.6 Å². The Morgan fingerprint density at radius 3 is 2.17 bits per heavy atom. The van der Waals surface area contributed by atoms with Crippen LogP contribution in [-0.2, 0) is 37.0 Å². The van der Waals surface area contributed by atoms with Crippen LogP contribution in [0.25, 0.3) is 11.1 Å². The van der Waals surface area contributed by atoms with E-state index in [0.717, 1.165) is 84.3 Å². The molecule has 58 heavy (non-hydrogen) atoms. The summed E-state index contributed by atoms with van der Waals surface area (Å²) < 4.78 is 13.4. The van der Waals surface area contributed by atoms with Crippen molar-refractivity contribution in [2.75, 3.05) is 31.2 Å². The van der Waals surface area contributed by atoms with E-state index in [4.69, 9.17) is 14.7 Å². The number of para-hydroxylation sites is 1. The number of likely N-dealkylation sites (tertiary alicyclic amines) is 1. The van der Waals surface area contributed by atoms with Crippen molar-refractivity contribution < 1.29 is 34.2 Å². The van der Waals surface area contributed by atoms with Crippen LogP contribution in [0.3, 0.4) is 0 Å². The lowest BCUT2D eigenvalue weighted by molar-refractivity contribution is -0.253. The molecule has 7 rings (SSSR count). The Balaban J connectivity index is 0.991. The van der Waals surface area contributed by atoms with Gasteiger partial charge in [-0.25, -0.2) is 5.48 Å². The smallest absolute Gasteiger partial charge is 0.247 e. The van der Waals surface area contributed by atoms with Crippen molar-refractivity contribution in [2.24, 2.45) is 0 Å². The molecule has 3 aliphatic heterocycles. The van der Waals surface area contributed by atoms with Gasteiger partial charge in [0.15, 0.2) is 6.29 Å². The van der Waals surface area contributed by atoms with Crippen molar-refractivity contribution in [2.45, 2.75) is 95.0 Å². The third kappa shape index (κ3) is 9.94. The third-order valence-corrected chi connectivity index (χ3v) is 11.8. The molecule has 3 amide bonds. The second-order valence-corrected chi connectivity index (χ2v) is 15.6. The highest BCUT2D eigenvalue weighted by molar-refractivity contribution is 5.93. The number of anilines is 1. The average Bonchev–Trinajstić information content (AvgIpc) is 3.59. The van der Waals surface area contributed by atoms with E-state index in [1.807, 2.05) is 60.7 Å². The maximum Gasteiger partial charge on any atom is 0.247 e. The maximum atomic E-state index is 13.3. The van der Waals surface area contributed by atoms with Crippen molar-refractivity contribution in [3.05, 3.63) is 125 Å². The zero-order valence-electron chi connectivity index (χ0n) is 33.0. The Labute approximate surface area is 340 Å². The molecule has 3 atom stereocenters. The number of hydrogen-bond acceptors (Lipinski definition) is 9. The number of amides is 3. The van der Waals surface area contributed by atoms with Gasteiger partial charge in [0.2, 0.25) is 17.7 Å². The van der Waals surface area contributed by atoms with E-state index in [9.17, 15) is 19.5 Å². The van der Waals surface area contributed by atoms with E-state index in [1.165, 1.54) is 0 Å². The fourth-order valence-electron chi connectivity index (χ4n) is 8.50. The first kappa shape index (κ1) is 41.1. The van der Waals surface area contributed by atoms with Crippen molar-refractivity contribution in [3.8, 4) is 11.1 Å². The maximum absolute atomic E-state index is 13.3. The lowest BCUT2D eigenvalue weighted by atomic mass is 9.85. The standard InChI is InChI=1S/C46H55N5O7/c52-31-33-16-18-35(19-17-33)41-28-39(30-50-26-24-46(25-27-50)45(55)48-32-51(46)38-11-4-3-5-12-38)57-44(58-41)36-22-20-34(21-23-36)40-13-9-8-10-37(40)29-47-42(53)14-6-1-2-7-15-43(54)49-56/h3-5,8-13,16-23,39,41,44,52,56H,1-2,6-7,14-15,24-32H2,(H,47,53)(H,48,55)(H,49,54)/t39-,41+,44+/m0/s1. The molecule has 5 N–H and O–H groups in total. The van der Waals surface area contributed by atoms with Gasteiger partial charge in [0, 0.05) is 56.7 Å². The van der Waals surface area contributed by atoms with Crippen LogP contribution in [0.15, 0.2) is 103 Å². The molecule has 12 nitrogen and oxygen atoms in total. The van der Waals surface area contributed by atoms with Gasteiger partial charge in [-0.1, -0.05) is 104 Å². The number of aliphatic hydroxyl groups is 1. The second kappa shape index (κ2) is 19.6. The lowest BCUT2D eigenvalue weighted by Gasteiger charge is -2.45. The first-order valence-corrected chi connectivity index (χ1v) is 20.6. The summed E-state index contributed by atoms with van der Waals surface area (Å²) in [6, 6.07) is 34.4. The minimum Gasteiger partial charge on any atom is -0.392 e. The Kier molecular flexibility index (Phi) is 13.8. The van der Waals surface area contributed by atoms with E-state index < -0.39 is 11.8 Å². The molecule has 4 aromatic carbocycles. The molecule has 1 spiro atoms. The van der Waals surface area contributed by atoms with Gasteiger partial charge in [0.25, 0.3) is 0 Å². The Morgan fingerprint density at radius 2 is 1.47 bits per heavy atom. The molecule has 3 heterocycles. The largest absolute Gasteiger partial charge is 0.392 e. The Hall–Kier alpha value is -5.11. The summed E-state index contributed by atoms with van der Waals surface area (Å²) in [5, 5.41) is 24.4. The van der Waals surface area contributed by atoms with Crippen molar-refractivity contribution in [3.63, 3.8) is 0 Å². The molecule has 12 heteroatoms. The summed E-state index contributed by atoms with van der Waals surface area (Å²) in [5.74, 6) is -0.294. The van der Waals surface area contributed by atoms with E-state index >= 15 is 0 Å². The lowest BCUT2D eigenvalue weighted by Crippen LogP contribution is -2.57. The number of hydroxylamine groups is 1. The summed E-state index contributed by atoms with van der Waals surface area (Å²) >= 11 is 0. The molecule has 0 aromatic heterocycles. The van der Waals surface area contributed by atoms with E-state index in [1.54, 1.807) is 5.48 Å². The Bertz CT molecular complexity index is 1970. The van der Waals surface area contributed by atoms with Gasteiger partial charge in [0.1, 0.15) is 5.54 Å². The molecule has 0 saturated carbocycles. The SMILES string of the molecule is O=C(CCCCCCC(=O)NCc1ccccc1-c1ccc([C@@H]2O[C@H](CN3CCC4(CC3)C(=O)NCN4c3ccccc3)C[C@H](c3ccc(CO)cc3)O2)cc1)NO. The number of hydrogen-bond donors (Lipinski definition) is 5. The zero-order valence-corrected chi connectivity index (χ0v) is 33.0. The third-order valence-electron chi connectivity index (χ3n) is 11.8. The number of nitrogens with zero attached hydrogens (tertiary/aromatic N) is 2. The molecule has 0 unspecified atom stereocenters. The minimum atomic E-state index is -0.595. The summed E-state index contributed by atoms with van der Waals surface area (Å²) in [4.78, 5) is 41.8. The number of rotatable bonds is 16. The summed E-state index contributed by atoms with van der Waals surface area (Å²) in [6.07, 6.45) is 4.99. The van der Waals surface area contributed by atoms with Gasteiger partial charge in [-0.15, -0.1) is 0 Å². The summed E-state index contributed by atoms with van der Waals surface area (Å²) in [5.41, 5.74) is 8.01. The highest BCUT2D eigenvalue weighted by Gasteiger charge is 2.50. The van der Waals surface area contributed by atoms with E-state index in [2.05, 4.69) is 62.9 Å². The molecule has 0 radical (unpaired) electrons. The van der Waals surface area contributed by atoms with Gasteiger partial charge < -0.3 is 35.0 Å². The van der Waals surface area contributed by atoms with Gasteiger partial charge in [0.05, 0.1) is 25.5 Å². The topological polar surface area (TPSA) is 153 Å². The van der Waals surface area contributed by atoms with Crippen LogP contribution in [0.5, 0.6) is 0 Å². The van der Waals surface area contributed by atoms with Crippen LogP contribution in [0.4, 0.5) is 5.69 Å². The fraction of sp³-hybridized carbons (Fsp3) is 0.413. The van der Waals surface area contributed by atoms with Crippen LogP contribution in [0, 0.1) is 0 Å². The van der Waals surface area contributed by atoms with Crippen molar-refractivity contribution in [1.82, 2.24) is 21.0 Å². The predicted octanol–water partition coefficient (Wildman–Crippen LogP) is 6.28. The molecule has 0 aliphatic carbocycles. The average molecular weight is 790 g/mol. The molecule has 0 bridgehead atoms. The number of piperidine rings is 1. The summed E-state index contributed by atoms with van der Waals surface area (Å²) in [6.45, 7) is 3.18. The van der Waals surface area contributed by atoms with Crippen LogP contribution in [-0.4, -0.2) is 70.9 Å². The number of ether oxygens (including phenoxy) is 2. The number of carbonyl (C=O) groups is 3. The normalized spacial score (nSPS) is 20.5. The van der Waals surface area contributed by atoms with Gasteiger partial charge in [-0.3, -0.25) is 19.6 Å². The number of nitrogens with one attached hydrogen (secondary N) is 3. The highest BCUT2D eigenvalue weighted by atomic mass is 16.7. The molecular weight excluding hydrogens is 735 g/mol. The predicted molar refractivity (Wildman–Crippen MR) is 220 cm³/mol. The van der Waals surface area contributed by atoms with Crippen LogP contribution in [0.2, 0.25) is 0 Å². The van der Waals surface area contributed by atoms with Crippen LogP contribution in [0.1, 0.15) is 92.4 Å². The summed E-state index contributed by atoms with van der Waals surface area (Å²) in [7, 11) is 0. The van der Waals surface area contributed by atoms with Crippen LogP contribution >= 0.6 is 0 Å². The zero-order chi connectivity index (χ0) is 40.3. The molecule has 306 valence electrons. The monoisotopic (exact) mass is 789 g/mol.